The number of rotatable bonds is 8. The van der Waals surface area contributed by atoms with Gasteiger partial charge in [0.15, 0.2) is 11.5 Å². The average Bonchev–Trinajstić information content (AvgIpc) is 2.42. The molecule has 0 aliphatic heterocycles. The summed E-state index contributed by atoms with van der Waals surface area (Å²) in [6.07, 6.45) is -1.46. The van der Waals surface area contributed by atoms with Crippen molar-refractivity contribution in [1.29, 1.82) is 0 Å². The van der Waals surface area contributed by atoms with Crippen molar-refractivity contribution in [1.82, 2.24) is 0 Å². The molecular formula is C12H16Cl2O4. The molecule has 0 radical (unpaired) electrons. The van der Waals surface area contributed by atoms with Crippen LogP contribution in [0.15, 0.2) is 24.3 Å². The van der Waals surface area contributed by atoms with Gasteiger partial charge in [-0.3, -0.25) is 0 Å². The fraction of sp³-hybridized carbons (Fsp3) is 0.500. The van der Waals surface area contributed by atoms with Crippen molar-refractivity contribution in [3.63, 3.8) is 0 Å². The standard InChI is InChI=1S/C12H16Cl2O4/c13-5-9(15)7-17-11-3-1-2-4-12(11)18-8-10(16)6-14/h1-4,9-10,15-16H,5-8H2. The van der Waals surface area contributed by atoms with E-state index in [2.05, 4.69) is 0 Å². The molecule has 6 heteroatoms. The second-order valence-electron chi connectivity index (χ2n) is 3.68. The highest BCUT2D eigenvalue weighted by Gasteiger charge is 2.09. The minimum absolute atomic E-state index is 0.0853. The highest BCUT2D eigenvalue weighted by molar-refractivity contribution is 6.18. The molecule has 1 aromatic carbocycles. The molecule has 0 aliphatic carbocycles. The number of hydrogen-bond donors (Lipinski definition) is 2. The number of aliphatic hydroxyl groups is 2. The predicted molar refractivity (Wildman–Crippen MR) is 70.9 cm³/mol. The van der Waals surface area contributed by atoms with Crippen LogP contribution in [-0.4, -0.2) is 47.4 Å². The zero-order valence-corrected chi connectivity index (χ0v) is 11.3. The fourth-order valence-electron chi connectivity index (χ4n) is 1.15. The predicted octanol–water partition coefficient (Wildman–Crippen LogP) is 1.64. The molecule has 0 saturated carbocycles. The second-order valence-corrected chi connectivity index (χ2v) is 4.30. The minimum Gasteiger partial charge on any atom is -0.487 e. The number of halogens is 2. The van der Waals surface area contributed by atoms with Crippen LogP contribution in [0.3, 0.4) is 0 Å². The van der Waals surface area contributed by atoms with Crippen LogP contribution in [0.25, 0.3) is 0 Å². The Hall–Kier alpha value is -0.680. The molecule has 0 aliphatic rings. The van der Waals surface area contributed by atoms with Crippen LogP contribution in [-0.2, 0) is 0 Å². The molecule has 0 amide bonds. The molecular weight excluding hydrogens is 279 g/mol. The van der Waals surface area contributed by atoms with Gasteiger partial charge in [0.2, 0.25) is 0 Å². The van der Waals surface area contributed by atoms with Gasteiger partial charge in [-0.2, -0.15) is 0 Å². The van der Waals surface area contributed by atoms with Gasteiger partial charge in [0, 0.05) is 0 Å². The van der Waals surface area contributed by atoms with Gasteiger partial charge in [0.05, 0.1) is 11.8 Å². The van der Waals surface area contributed by atoms with Gasteiger partial charge < -0.3 is 19.7 Å². The van der Waals surface area contributed by atoms with E-state index in [1.54, 1.807) is 24.3 Å². The first-order valence-corrected chi connectivity index (χ1v) is 6.57. The van der Waals surface area contributed by atoms with Gasteiger partial charge in [-0.05, 0) is 12.1 Å². The van der Waals surface area contributed by atoms with Gasteiger partial charge in [-0.1, -0.05) is 12.1 Å². The van der Waals surface area contributed by atoms with Gasteiger partial charge >= 0.3 is 0 Å². The van der Waals surface area contributed by atoms with E-state index in [4.69, 9.17) is 32.7 Å². The average molecular weight is 295 g/mol. The lowest BCUT2D eigenvalue weighted by Crippen LogP contribution is -2.21. The Morgan fingerprint density at radius 2 is 1.28 bits per heavy atom. The van der Waals surface area contributed by atoms with Crippen molar-refractivity contribution >= 4 is 23.2 Å². The largest absolute Gasteiger partial charge is 0.487 e. The molecule has 0 spiro atoms. The van der Waals surface area contributed by atoms with Crippen LogP contribution in [0.4, 0.5) is 0 Å². The molecule has 0 bridgehead atoms. The third-order valence-corrected chi connectivity index (χ3v) is 2.78. The third kappa shape index (κ3) is 5.31. The van der Waals surface area contributed by atoms with Gasteiger partial charge in [0.25, 0.3) is 0 Å². The van der Waals surface area contributed by atoms with Gasteiger partial charge in [-0.25, -0.2) is 0 Å². The highest BCUT2D eigenvalue weighted by atomic mass is 35.5. The minimum atomic E-state index is -0.729. The van der Waals surface area contributed by atoms with E-state index < -0.39 is 12.2 Å². The van der Waals surface area contributed by atoms with E-state index in [1.807, 2.05) is 0 Å². The lowest BCUT2D eigenvalue weighted by Gasteiger charge is -2.15. The van der Waals surface area contributed by atoms with Crippen LogP contribution < -0.4 is 9.47 Å². The van der Waals surface area contributed by atoms with E-state index in [1.165, 1.54) is 0 Å². The van der Waals surface area contributed by atoms with E-state index >= 15 is 0 Å². The normalized spacial score (nSPS) is 14.0. The first-order valence-electron chi connectivity index (χ1n) is 5.50. The first-order chi connectivity index (χ1) is 8.67. The number of para-hydroxylation sites is 2. The molecule has 1 aromatic rings. The van der Waals surface area contributed by atoms with Crippen molar-refractivity contribution in [3.8, 4) is 11.5 Å². The number of alkyl halides is 2. The zero-order chi connectivity index (χ0) is 13.4. The van der Waals surface area contributed by atoms with Crippen LogP contribution >= 0.6 is 23.2 Å². The summed E-state index contributed by atoms with van der Waals surface area (Å²) in [6.45, 7) is 0.171. The van der Waals surface area contributed by atoms with Crippen molar-refractivity contribution in [2.75, 3.05) is 25.0 Å². The molecule has 0 heterocycles. The van der Waals surface area contributed by atoms with Crippen molar-refractivity contribution in [2.45, 2.75) is 12.2 Å². The van der Waals surface area contributed by atoms with Crippen molar-refractivity contribution in [3.05, 3.63) is 24.3 Å². The summed E-state index contributed by atoms with van der Waals surface area (Å²) in [5.74, 6) is 1.19. The molecule has 0 fully saturated rings. The molecule has 0 aromatic heterocycles. The van der Waals surface area contributed by atoms with E-state index in [-0.39, 0.29) is 25.0 Å². The Labute approximate surface area is 116 Å². The number of aliphatic hydroxyl groups excluding tert-OH is 2. The maximum atomic E-state index is 9.31. The smallest absolute Gasteiger partial charge is 0.161 e. The Kier molecular flexibility index (Phi) is 7.20. The summed E-state index contributed by atoms with van der Waals surface area (Å²) in [5, 5.41) is 18.6. The highest BCUT2D eigenvalue weighted by Crippen LogP contribution is 2.26. The maximum Gasteiger partial charge on any atom is 0.161 e. The van der Waals surface area contributed by atoms with Crippen molar-refractivity contribution < 1.29 is 19.7 Å². The summed E-state index contributed by atoms with van der Waals surface area (Å²) in [7, 11) is 0. The Bertz CT molecular complexity index is 316. The fourth-order valence-corrected chi connectivity index (χ4v) is 1.33. The summed E-state index contributed by atoms with van der Waals surface area (Å²) in [4.78, 5) is 0. The Morgan fingerprint density at radius 1 is 0.889 bits per heavy atom. The SMILES string of the molecule is OC(CCl)COc1ccccc1OCC(O)CCl. The number of ether oxygens (including phenoxy) is 2. The quantitative estimate of drug-likeness (QED) is 0.716. The molecule has 102 valence electrons. The molecule has 4 nitrogen and oxygen atoms in total. The lowest BCUT2D eigenvalue weighted by atomic mass is 10.3. The first kappa shape index (κ1) is 15.4. The van der Waals surface area contributed by atoms with E-state index in [9.17, 15) is 10.2 Å². The van der Waals surface area contributed by atoms with Crippen LogP contribution in [0.1, 0.15) is 0 Å². The lowest BCUT2D eigenvalue weighted by molar-refractivity contribution is 0.109. The molecule has 2 unspecified atom stereocenters. The summed E-state index contributed by atoms with van der Waals surface area (Å²) >= 11 is 10.9. The van der Waals surface area contributed by atoms with Crippen LogP contribution in [0, 0.1) is 0 Å². The zero-order valence-electron chi connectivity index (χ0n) is 9.76. The molecule has 2 N–H and O–H groups in total. The molecule has 2 atom stereocenters. The summed E-state index contributed by atoms with van der Waals surface area (Å²) in [6, 6.07) is 6.99. The number of benzene rings is 1. The molecule has 0 saturated heterocycles. The summed E-state index contributed by atoms with van der Waals surface area (Å²) in [5.41, 5.74) is 0. The Balaban J connectivity index is 2.56. The number of hydrogen-bond acceptors (Lipinski definition) is 4. The van der Waals surface area contributed by atoms with Gasteiger partial charge in [0.1, 0.15) is 25.4 Å². The van der Waals surface area contributed by atoms with Crippen molar-refractivity contribution in [2.24, 2.45) is 0 Å². The van der Waals surface area contributed by atoms with E-state index in [0.717, 1.165) is 0 Å². The van der Waals surface area contributed by atoms with Crippen LogP contribution in [0.2, 0.25) is 0 Å². The topological polar surface area (TPSA) is 58.9 Å². The maximum absolute atomic E-state index is 9.31. The summed E-state index contributed by atoms with van der Waals surface area (Å²) < 4.78 is 10.8. The monoisotopic (exact) mass is 294 g/mol. The second kappa shape index (κ2) is 8.43. The van der Waals surface area contributed by atoms with Crippen LogP contribution in [0.5, 0.6) is 11.5 Å². The Morgan fingerprint density at radius 3 is 1.61 bits per heavy atom. The molecule has 1 rings (SSSR count). The van der Waals surface area contributed by atoms with E-state index in [0.29, 0.717) is 11.5 Å². The third-order valence-electron chi connectivity index (χ3n) is 2.07. The molecule has 18 heavy (non-hydrogen) atoms. The van der Waals surface area contributed by atoms with Gasteiger partial charge in [-0.15, -0.1) is 23.2 Å².